The smallest absolute Gasteiger partial charge is 0.410 e. The molecule has 154 valence electrons. The molecule has 0 N–H and O–H groups in total. The van der Waals surface area contributed by atoms with Crippen LogP contribution >= 0.6 is 0 Å². The molecule has 27 heavy (non-hydrogen) atoms. The minimum atomic E-state index is -0.156. The second-order valence-corrected chi connectivity index (χ2v) is 7.80. The summed E-state index contributed by atoms with van der Waals surface area (Å²) in [6.07, 6.45) is 5.21. The molecule has 7 nitrogen and oxygen atoms in total. The molecule has 5 fully saturated rings. The fourth-order valence-electron chi connectivity index (χ4n) is 4.89. The highest BCUT2D eigenvalue weighted by molar-refractivity contribution is 5.68. The number of piperidine rings is 2. The van der Waals surface area contributed by atoms with Gasteiger partial charge >= 0.3 is 12.2 Å². The number of rotatable bonds is 3. The van der Waals surface area contributed by atoms with E-state index in [2.05, 4.69) is 4.90 Å². The maximum Gasteiger partial charge on any atom is 0.410 e. The molecule has 3 unspecified atom stereocenters. The van der Waals surface area contributed by atoms with Crippen LogP contribution in [0, 0.1) is 5.92 Å². The lowest BCUT2D eigenvalue weighted by molar-refractivity contribution is -0.0923. The van der Waals surface area contributed by atoms with E-state index in [0.29, 0.717) is 24.6 Å². The van der Waals surface area contributed by atoms with Crippen LogP contribution in [0.25, 0.3) is 0 Å². The monoisotopic (exact) mass is 381 g/mol. The third-order valence-electron chi connectivity index (χ3n) is 6.28. The fourth-order valence-corrected chi connectivity index (χ4v) is 4.89. The molecule has 0 aromatic carbocycles. The third kappa shape index (κ3) is 4.33. The average Bonchev–Trinajstić information content (AvgIpc) is 3.21. The van der Waals surface area contributed by atoms with Crippen LogP contribution in [0.4, 0.5) is 9.59 Å². The minimum absolute atomic E-state index is 0.0368. The van der Waals surface area contributed by atoms with Crippen LogP contribution in [0.15, 0.2) is 0 Å². The number of fused-ring (bicyclic) bond motifs is 3. The van der Waals surface area contributed by atoms with Crippen molar-refractivity contribution in [3.63, 3.8) is 0 Å². The third-order valence-corrected chi connectivity index (χ3v) is 6.28. The summed E-state index contributed by atoms with van der Waals surface area (Å²) in [7, 11) is 0. The quantitative estimate of drug-likeness (QED) is 0.752. The number of carbonyl (C=O) groups is 2. The van der Waals surface area contributed by atoms with Crippen LogP contribution in [0.2, 0.25) is 0 Å². The maximum atomic E-state index is 12.1. The Kier molecular flexibility index (Phi) is 6.84. The van der Waals surface area contributed by atoms with Crippen molar-refractivity contribution in [1.82, 2.24) is 14.7 Å². The highest BCUT2D eigenvalue weighted by Gasteiger charge is 2.48. The summed E-state index contributed by atoms with van der Waals surface area (Å²) in [5.41, 5.74) is 0. The Balaban J connectivity index is 0.00000102. The van der Waals surface area contributed by atoms with Crippen molar-refractivity contribution in [3.8, 4) is 0 Å². The summed E-state index contributed by atoms with van der Waals surface area (Å²) in [4.78, 5) is 30.3. The number of nitrogens with zero attached hydrogens (tertiary/aromatic N) is 3. The van der Waals surface area contributed by atoms with Crippen molar-refractivity contribution in [2.75, 3.05) is 39.3 Å². The predicted molar refractivity (Wildman–Crippen MR) is 103 cm³/mol. The van der Waals surface area contributed by atoms with Gasteiger partial charge in [-0.05, 0) is 44.9 Å². The van der Waals surface area contributed by atoms with Gasteiger partial charge in [0.25, 0.3) is 0 Å². The molecular weight excluding hydrogens is 346 g/mol. The highest BCUT2D eigenvalue weighted by atomic mass is 16.6. The predicted octanol–water partition coefficient (Wildman–Crippen LogP) is 2.94. The number of likely N-dealkylation sites (tertiary alicyclic amines) is 2. The Morgan fingerprint density at radius 2 is 1.70 bits per heavy atom. The first kappa shape index (κ1) is 20.2. The largest absolute Gasteiger partial charge is 0.450 e. The molecule has 7 heteroatoms. The van der Waals surface area contributed by atoms with Gasteiger partial charge in [-0.3, -0.25) is 4.90 Å². The molecule has 5 rings (SSSR count). The molecule has 0 aromatic heterocycles. The van der Waals surface area contributed by atoms with Crippen LogP contribution in [0.5, 0.6) is 0 Å². The van der Waals surface area contributed by atoms with Crippen molar-refractivity contribution < 1.29 is 19.1 Å². The summed E-state index contributed by atoms with van der Waals surface area (Å²) in [5.74, 6) is 0.518. The molecular formula is C20H35N3O4. The minimum Gasteiger partial charge on any atom is -0.450 e. The first-order chi connectivity index (χ1) is 13.2. The summed E-state index contributed by atoms with van der Waals surface area (Å²) in [6.45, 7) is 10.5. The van der Waals surface area contributed by atoms with Crippen molar-refractivity contribution >= 4 is 12.2 Å². The molecule has 1 aliphatic carbocycles. The molecule has 1 saturated carbocycles. The van der Waals surface area contributed by atoms with Gasteiger partial charge in [-0.2, -0.15) is 0 Å². The van der Waals surface area contributed by atoms with Gasteiger partial charge < -0.3 is 19.3 Å². The van der Waals surface area contributed by atoms with E-state index in [4.69, 9.17) is 9.47 Å². The highest BCUT2D eigenvalue weighted by Crippen LogP contribution is 2.39. The van der Waals surface area contributed by atoms with Gasteiger partial charge in [-0.25, -0.2) is 9.59 Å². The molecule has 5 aliphatic rings. The van der Waals surface area contributed by atoms with Gasteiger partial charge in [0.1, 0.15) is 6.10 Å². The van der Waals surface area contributed by atoms with E-state index in [1.54, 1.807) is 0 Å². The van der Waals surface area contributed by atoms with E-state index in [1.807, 2.05) is 30.6 Å². The van der Waals surface area contributed by atoms with E-state index >= 15 is 0 Å². The van der Waals surface area contributed by atoms with Crippen molar-refractivity contribution in [2.24, 2.45) is 5.92 Å². The van der Waals surface area contributed by atoms with E-state index in [-0.39, 0.29) is 18.3 Å². The van der Waals surface area contributed by atoms with Crippen LogP contribution < -0.4 is 0 Å². The number of amides is 2. The van der Waals surface area contributed by atoms with Gasteiger partial charge in [-0.1, -0.05) is 13.8 Å². The zero-order valence-corrected chi connectivity index (χ0v) is 17.1. The Bertz CT molecular complexity index is 517. The van der Waals surface area contributed by atoms with Crippen LogP contribution in [-0.4, -0.2) is 84.4 Å². The molecule has 4 saturated heterocycles. The Morgan fingerprint density at radius 1 is 1.00 bits per heavy atom. The molecule has 0 radical (unpaired) electrons. The lowest BCUT2D eigenvalue weighted by atomic mass is 9.74. The van der Waals surface area contributed by atoms with E-state index in [1.165, 1.54) is 6.42 Å². The normalized spacial score (nSPS) is 30.4. The molecule has 4 aliphatic heterocycles. The van der Waals surface area contributed by atoms with Crippen LogP contribution in [0.3, 0.4) is 0 Å². The molecule has 0 aromatic rings. The lowest BCUT2D eigenvalue weighted by Crippen LogP contribution is -2.66. The van der Waals surface area contributed by atoms with E-state index < -0.39 is 0 Å². The van der Waals surface area contributed by atoms with Crippen LogP contribution in [0.1, 0.15) is 52.9 Å². The Hall–Kier alpha value is -1.50. The van der Waals surface area contributed by atoms with E-state index in [9.17, 15) is 9.59 Å². The van der Waals surface area contributed by atoms with E-state index in [0.717, 1.165) is 58.4 Å². The number of ether oxygens (including phenoxy) is 2. The molecule has 3 atom stereocenters. The van der Waals surface area contributed by atoms with Gasteiger partial charge in [0.2, 0.25) is 0 Å². The number of hydrogen-bond donors (Lipinski definition) is 0. The maximum absolute atomic E-state index is 12.1. The second-order valence-electron chi connectivity index (χ2n) is 7.80. The molecule has 2 amide bonds. The topological polar surface area (TPSA) is 62.3 Å². The Morgan fingerprint density at radius 3 is 2.30 bits per heavy atom. The number of carbonyl (C=O) groups excluding carboxylic acids is 2. The Labute approximate surface area is 162 Å². The summed E-state index contributed by atoms with van der Waals surface area (Å²) in [5, 5.41) is 0. The molecule has 0 spiro atoms. The molecule has 2 bridgehead atoms. The fraction of sp³-hybridized carbons (Fsp3) is 0.900. The zero-order chi connectivity index (χ0) is 19.4. The summed E-state index contributed by atoms with van der Waals surface area (Å²) >= 11 is 0. The molecule has 4 heterocycles. The SMILES string of the molecule is CC.CCOC(=O)N1CC2CCC1CC2N1CC(OC(=O)N2CCCC2)C1. The zero-order valence-electron chi connectivity index (χ0n) is 17.1. The summed E-state index contributed by atoms with van der Waals surface area (Å²) in [6, 6.07) is 0.825. The van der Waals surface area contributed by atoms with Gasteiger partial charge in [-0.15, -0.1) is 0 Å². The standard InChI is InChI=1S/C18H29N3O4.C2H6/c1-2-24-18(23)21-10-13-5-6-14(21)9-16(13)20-11-15(12-20)25-17(22)19-7-3-4-8-19;1-2/h13-16H,2-12H2,1H3;1-2H3. The number of hydrogen-bond acceptors (Lipinski definition) is 5. The van der Waals surface area contributed by atoms with Crippen LogP contribution in [-0.2, 0) is 9.47 Å². The van der Waals surface area contributed by atoms with Crippen molar-refractivity contribution in [2.45, 2.75) is 71.1 Å². The van der Waals surface area contributed by atoms with Gasteiger partial charge in [0, 0.05) is 44.8 Å². The van der Waals surface area contributed by atoms with Gasteiger partial charge in [0.05, 0.1) is 6.61 Å². The average molecular weight is 382 g/mol. The first-order valence-corrected chi connectivity index (χ1v) is 10.8. The van der Waals surface area contributed by atoms with Gasteiger partial charge in [0.15, 0.2) is 0 Å². The lowest BCUT2D eigenvalue weighted by Gasteiger charge is -2.55. The van der Waals surface area contributed by atoms with Crippen molar-refractivity contribution in [1.29, 1.82) is 0 Å². The summed E-state index contributed by atoms with van der Waals surface area (Å²) < 4.78 is 10.8. The van der Waals surface area contributed by atoms with Crippen molar-refractivity contribution in [3.05, 3.63) is 0 Å². The first-order valence-electron chi connectivity index (χ1n) is 10.8. The second kappa shape index (κ2) is 9.13.